The topological polar surface area (TPSA) is 108 Å². The largest absolute Gasteiger partial charge is 0.488 e. The highest BCUT2D eigenvalue weighted by Crippen LogP contribution is 2.12. The van der Waals surface area contributed by atoms with Crippen molar-refractivity contribution in [3.8, 4) is 11.5 Å². The maximum absolute atomic E-state index is 10.5. The van der Waals surface area contributed by atoms with Gasteiger partial charge in [-0.3, -0.25) is 14.4 Å². The van der Waals surface area contributed by atoms with E-state index in [1.54, 1.807) is 55.5 Å². The Morgan fingerprint density at radius 3 is 1.50 bits per heavy atom. The molecule has 0 saturated carbocycles. The van der Waals surface area contributed by atoms with Crippen LogP contribution in [-0.4, -0.2) is 63.3 Å². The van der Waals surface area contributed by atoms with Gasteiger partial charge < -0.3 is 24.1 Å². The fraction of sp³-hybridized carbons (Fsp3) is 0.375. The van der Waals surface area contributed by atoms with E-state index in [-0.39, 0.29) is 19.5 Å². The number of rotatable bonds is 12. The van der Waals surface area contributed by atoms with Crippen LogP contribution < -0.4 is 9.47 Å². The Morgan fingerprint density at radius 1 is 0.750 bits per heavy atom. The summed E-state index contributed by atoms with van der Waals surface area (Å²) >= 11 is 0. The van der Waals surface area contributed by atoms with Crippen molar-refractivity contribution < 1.29 is 38.4 Å². The van der Waals surface area contributed by atoms with Gasteiger partial charge in [0.25, 0.3) is 0 Å². The van der Waals surface area contributed by atoms with Gasteiger partial charge in [0.1, 0.15) is 37.3 Å². The molecule has 8 heteroatoms. The molecular formula is C24H32O8. The third kappa shape index (κ3) is 14.0. The second kappa shape index (κ2) is 19.9. The van der Waals surface area contributed by atoms with Gasteiger partial charge in [-0.05, 0) is 69.3 Å². The van der Waals surface area contributed by atoms with E-state index < -0.39 is 0 Å². The molecule has 0 aromatic heterocycles. The molecule has 2 rings (SSSR count). The molecule has 0 spiro atoms. The summed E-state index contributed by atoms with van der Waals surface area (Å²) in [5.74, 6) is 1.28. The summed E-state index contributed by atoms with van der Waals surface area (Å²) in [5, 5.41) is 7.57. The van der Waals surface area contributed by atoms with Crippen LogP contribution in [0.3, 0.4) is 0 Å². The molecule has 0 heterocycles. The van der Waals surface area contributed by atoms with Crippen molar-refractivity contribution in [2.45, 2.75) is 27.1 Å². The Bertz CT molecular complexity index is 723. The number of benzene rings is 2. The van der Waals surface area contributed by atoms with Crippen LogP contribution in [0.2, 0.25) is 0 Å². The Hall–Kier alpha value is -3.07. The predicted octanol–water partition coefficient (Wildman–Crippen LogP) is 3.35. The molecule has 8 nitrogen and oxygen atoms in total. The van der Waals surface area contributed by atoms with Crippen molar-refractivity contribution >= 4 is 18.9 Å². The molecule has 0 aliphatic heterocycles. The zero-order chi connectivity index (χ0) is 24.0. The Morgan fingerprint density at radius 2 is 1.16 bits per heavy atom. The molecule has 2 aromatic rings. The highest BCUT2D eigenvalue weighted by molar-refractivity contribution is 5.75. The number of aliphatic hydroxyl groups excluding tert-OH is 1. The maximum atomic E-state index is 10.5. The van der Waals surface area contributed by atoms with Crippen molar-refractivity contribution in [3.63, 3.8) is 0 Å². The SMILES string of the molecule is CCO.CCOC(COc1ccc(C=O)cc1)OCC.O=CCOc1ccc(C=O)cc1. The van der Waals surface area contributed by atoms with E-state index in [1.807, 2.05) is 13.8 Å². The van der Waals surface area contributed by atoms with E-state index in [2.05, 4.69) is 0 Å². The third-order valence-electron chi connectivity index (χ3n) is 3.44. The summed E-state index contributed by atoms with van der Waals surface area (Å²) in [6.07, 6.45) is 1.88. The number of carbonyl (C=O) groups is 3. The zero-order valence-electron chi connectivity index (χ0n) is 18.8. The zero-order valence-corrected chi connectivity index (χ0v) is 18.8. The van der Waals surface area contributed by atoms with Crippen LogP contribution >= 0.6 is 0 Å². The summed E-state index contributed by atoms with van der Waals surface area (Å²) in [4.78, 5) is 30.6. The summed E-state index contributed by atoms with van der Waals surface area (Å²) < 4.78 is 21.2. The number of hydrogen-bond donors (Lipinski definition) is 1. The van der Waals surface area contributed by atoms with Crippen LogP contribution in [0.1, 0.15) is 41.5 Å². The van der Waals surface area contributed by atoms with Gasteiger partial charge in [0.2, 0.25) is 0 Å². The summed E-state index contributed by atoms with van der Waals surface area (Å²) in [6, 6.07) is 13.5. The molecule has 176 valence electrons. The first-order valence-corrected chi connectivity index (χ1v) is 10.2. The van der Waals surface area contributed by atoms with Gasteiger partial charge in [-0.2, -0.15) is 0 Å². The smallest absolute Gasteiger partial charge is 0.191 e. The molecule has 32 heavy (non-hydrogen) atoms. The molecule has 0 unspecified atom stereocenters. The summed E-state index contributed by atoms with van der Waals surface area (Å²) in [6.45, 7) is 7.29. The number of aldehydes is 3. The minimum absolute atomic E-state index is 0.0421. The van der Waals surface area contributed by atoms with Crippen LogP contribution in [0.4, 0.5) is 0 Å². The first kappa shape index (κ1) is 28.9. The van der Waals surface area contributed by atoms with Gasteiger partial charge in [0.15, 0.2) is 12.6 Å². The van der Waals surface area contributed by atoms with E-state index in [4.69, 9.17) is 24.1 Å². The Kier molecular flexibility index (Phi) is 18.0. The molecule has 0 bridgehead atoms. The van der Waals surface area contributed by atoms with Crippen molar-refractivity contribution in [2.75, 3.05) is 33.0 Å². The van der Waals surface area contributed by atoms with Crippen LogP contribution in [-0.2, 0) is 14.3 Å². The van der Waals surface area contributed by atoms with Gasteiger partial charge >= 0.3 is 0 Å². The molecular weight excluding hydrogens is 416 g/mol. The molecule has 0 amide bonds. The Labute approximate surface area is 189 Å². The van der Waals surface area contributed by atoms with Gasteiger partial charge in [-0.25, -0.2) is 0 Å². The van der Waals surface area contributed by atoms with Gasteiger partial charge in [0, 0.05) is 30.9 Å². The van der Waals surface area contributed by atoms with Crippen molar-refractivity contribution in [2.24, 2.45) is 0 Å². The second-order valence-corrected chi connectivity index (χ2v) is 5.82. The van der Waals surface area contributed by atoms with E-state index in [0.717, 1.165) is 12.6 Å². The van der Waals surface area contributed by atoms with Crippen molar-refractivity contribution in [1.29, 1.82) is 0 Å². The fourth-order valence-electron chi connectivity index (χ4n) is 2.10. The van der Waals surface area contributed by atoms with E-state index in [1.165, 1.54) is 0 Å². The van der Waals surface area contributed by atoms with Gasteiger partial charge in [-0.15, -0.1) is 0 Å². The average Bonchev–Trinajstić information content (AvgIpc) is 2.83. The average molecular weight is 449 g/mol. The maximum Gasteiger partial charge on any atom is 0.191 e. The molecule has 1 N–H and O–H groups in total. The lowest BCUT2D eigenvalue weighted by Gasteiger charge is -2.17. The Balaban J connectivity index is 0.000000559. The molecule has 0 aliphatic rings. The quantitative estimate of drug-likeness (QED) is 0.389. The molecule has 0 atom stereocenters. The molecule has 0 radical (unpaired) electrons. The first-order valence-electron chi connectivity index (χ1n) is 10.2. The van der Waals surface area contributed by atoms with Crippen LogP contribution in [0.5, 0.6) is 11.5 Å². The van der Waals surface area contributed by atoms with E-state index >= 15 is 0 Å². The standard InChI is InChI=1S/C13H18O4.C9H8O3.C2H6O/c1-3-15-13(16-4-2)10-17-12-7-5-11(9-14)6-8-12;10-5-6-12-9-3-1-8(7-11)2-4-9;1-2-3/h5-9,13H,3-4,10H2,1-2H3;1-5,7H,6H2;3H,2H2,1H3. The minimum Gasteiger partial charge on any atom is -0.488 e. The van der Waals surface area contributed by atoms with Crippen molar-refractivity contribution in [3.05, 3.63) is 59.7 Å². The highest BCUT2D eigenvalue weighted by Gasteiger charge is 2.08. The summed E-state index contributed by atoms with van der Waals surface area (Å²) in [7, 11) is 0. The third-order valence-corrected chi connectivity index (χ3v) is 3.44. The lowest BCUT2D eigenvalue weighted by molar-refractivity contribution is -0.152. The lowest BCUT2D eigenvalue weighted by atomic mass is 10.2. The van der Waals surface area contributed by atoms with E-state index in [0.29, 0.717) is 48.7 Å². The highest BCUT2D eigenvalue weighted by atomic mass is 16.7. The molecule has 0 saturated heterocycles. The van der Waals surface area contributed by atoms with Gasteiger partial charge in [0.05, 0.1) is 0 Å². The molecule has 2 aromatic carbocycles. The predicted molar refractivity (Wildman–Crippen MR) is 121 cm³/mol. The fourth-order valence-corrected chi connectivity index (χ4v) is 2.10. The summed E-state index contributed by atoms with van der Waals surface area (Å²) in [5.41, 5.74) is 1.22. The first-order chi connectivity index (χ1) is 15.6. The number of carbonyl (C=O) groups excluding carboxylic acids is 3. The van der Waals surface area contributed by atoms with E-state index in [9.17, 15) is 14.4 Å². The second-order valence-electron chi connectivity index (χ2n) is 5.82. The van der Waals surface area contributed by atoms with Crippen LogP contribution in [0.15, 0.2) is 48.5 Å². The monoisotopic (exact) mass is 448 g/mol. The number of hydrogen-bond acceptors (Lipinski definition) is 8. The van der Waals surface area contributed by atoms with Crippen molar-refractivity contribution in [1.82, 2.24) is 0 Å². The molecule has 0 fully saturated rings. The molecule has 0 aliphatic carbocycles. The van der Waals surface area contributed by atoms with Gasteiger partial charge in [-0.1, -0.05) is 0 Å². The lowest BCUT2D eigenvalue weighted by Crippen LogP contribution is -2.25. The normalized spacial score (nSPS) is 9.53. The van der Waals surface area contributed by atoms with Crippen LogP contribution in [0.25, 0.3) is 0 Å². The number of ether oxygens (including phenoxy) is 4. The van der Waals surface area contributed by atoms with Crippen LogP contribution in [0, 0.1) is 0 Å². The minimum atomic E-state index is -0.351. The number of aliphatic hydroxyl groups is 1.